The summed E-state index contributed by atoms with van der Waals surface area (Å²) in [7, 11) is 0. The quantitative estimate of drug-likeness (QED) is 0.872. The van der Waals surface area contributed by atoms with Crippen molar-refractivity contribution >= 4 is 21.6 Å². The minimum absolute atomic E-state index is 0.351. The second kappa shape index (κ2) is 5.62. The van der Waals surface area contributed by atoms with Crippen molar-refractivity contribution in [1.82, 2.24) is 0 Å². The first kappa shape index (κ1) is 13.9. The van der Waals surface area contributed by atoms with Gasteiger partial charge in [-0.2, -0.15) is 0 Å². The predicted molar refractivity (Wildman–Crippen MR) is 80.3 cm³/mol. The molecule has 3 heteroatoms. The van der Waals surface area contributed by atoms with Gasteiger partial charge in [-0.25, -0.2) is 0 Å². The second-order valence-corrected chi connectivity index (χ2v) is 6.29. The summed E-state index contributed by atoms with van der Waals surface area (Å²) in [5.41, 5.74) is 3.79. The van der Waals surface area contributed by atoms with E-state index in [1.807, 2.05) is 0 Å². The van der Waals surface area contributed by atoms with Gasteiger partial charge in [0.15, 0.2) is 0 Å². The zero-order valence-electron chi connectivity index (χ0n) is 11.6. The van der Waals surface area contributed by atoms with Gasteiger partial charge in [-0.1, -0.05) is 15.9 Å². The van der Waals surface area contributed by atoms with Crippen LogP contribution in [0, 0.1) is 13.8 Å². The van der Waals surface area contributed by atoms with Crippen LogP contribution in [0.4, 0.5) is 5.69 Å². The number of hydrogen-bond acceptors (Lipinski definition) is 2. The van der Waals surface area contributed by atoms with Gasteiger partial charge >= 0.3 is 0 Å². The van der Waals surface area contributed by atoms with E-state index < -0.39 is 0 Å². The van der Waals surface area contributed by atoms with Crippen LogP contribution in [0.5, 0.6) is 0 Å². The Morgan fingerprint density at radius 2 is 1.61 bits per heavy atom. The molecule has 18 heavy (non-hydrogen) atoms. The van der Waals surface area contributed by atoms with Crippen molar-refractivity contribution in [3.8, 4) is 0 Å². The number of anilines is 1. The van der Waals surface area contributed by atoms with Crippen LogP contribution in [0.1, 0.15) is 37.8 Å². The fraction of sp³-hybridized carbons (Fsp3) is 0.600. The lowest BCUT2D eigenvalue weighted by atomic mass is 9.99. The van der Waals surface area contributed by atoms with Crippen molar-refractivity contribution in [2.24, 2.45) is 0 Å². The highest BCUT2D eigenvalue weighted by molar-refractivity contribution is 9.10. The third kappa shape index (κ3) is 3.27. The Bertz CT molecular complexity index is 399. The summed E-state index contributed by atoms with van der Waals surface area (Å²) in [6, 6.07) is 4.94. The van der Waals surface area contributed by atoms with Crippen LogP contribution in [-0.4, -0.2) is 18.2 Å². The van der Waals surface area contributed by atoms with Crippen LogP contribution in [-0.2, 0) is 4.74 Å². The third-order valence-corrected chi connectivity index (χ3v) is 4.76. The lowest BCUT2D eigenvalue weighted by Gasteiger charge is -2.33. The van der Waals surface area contributed by atoms with E-state index in [-0.39, 0.29) is 0 Å². The molecule has 100 valence electrons. The van der Waals surface area contributed by atoms with Crippen molar-refractivity contribution in [3.05, 3.63) is 27.7 Å². The van der Waals surface area contributed by atoms with E-state index in [1.165, 1.54) is 21.3 Å². The van der Waals surface area contributed by atoms with Gasteiger partial charge < -0.3 is 10.1 Å². The highest BCUT2D eigenvalue weighted by Gasteiger charge is 2.24. The smallest absolute Gasteiger partial charge is 0.0570 e. The number of nitrogens with one attached hydrogen (secondary N) is 1. The van der Waals surface area contributed by atoms with E-state index in [0.717, 1.165) is 12.8 Å². The van der Waals surface area contributed by atoms with Crippen LogP contribution < -0.4 is 5.32 Å². The number of aryl methyl sites for hydroxylation is 2. The van der Waals surface area contributed by atoms with Gasteiger partial charge in [0.1, 0.15) is 0 Å². The summed E-state index contributed by atoms with van der Waals surface area (Å²) in [5, 5.41) is 3.65. The Labute approximate surface area is 118 Å². The van der Waals surface area contributed by atoms with Gasteiger partial charge in [-0.05, 0) is 63.8 Å². The molecule has 1 N–H and O–H groups in total. The summed E-state index contributed by atoms with van der Waals surface area (Å²) >= 11 is 3.61. The summed E-state index contributed by atoms with van der Waals surface area (Å²) in [4.78, 5) is 0. The maximum Gasteiger partial charge on any atom is 0.0570 e. The lowest BCUT2D eigenvalue weighted by Crippen LogP contribution is -2.36. The van der Waals surface area contributed by atoms with Crippen molar-refractivity contribution in [2.75, 3.05) is 5.32 Å². The van der Waals surface area contributed by atoms with E-state index in [9.17, 15) is 0 Å². The fourth-order valence-electron chi connectivity index (χ4n) is 2.79. The van der Waals surface area contributed by atoms with Gasteiger partial charge in [0.25, 0.3) is 0 Å². The SMILES string of the molecule is Cc1cc(NC2CC(C)OC(C)C2)cc(C)c1Br. The Balaban J connectivity index is 2.09. The van der Waals surface area contributed by atoms with Crippen LogP contribution in [0.3, 0.4) is 0 Å². The minimum atomic E-state index is 0.351. The van der Waals surface area contributed by atoms with Crippen LogP contribution in [0.15, 0.2) is 16.6 Å². The molecule has 2 atom stereocenters. The maximum atomic E-state index is 5.77. The second-order valence-electron chi connectivity index (χ2n) is 5.49. The van der Waals surface area contributed by atoms with Crippen molar-refractivity contribution in [1.29, 1.82) is 0 Å². The van der Waals surface area contributed by atoms with Crippen LogP contribution in [0.25, 0.3) is 0 Å². The summed E-state index contributed by atoms with van der Waals surface area (Å²) in [5.74, 6) is 0. The average Bonchev–Trinajstić information content (AvgIpc) is 2.24. The molecule has 1 heterocycles. The molecule has 1 saturated heterocycles. The number of benzene rings is 1. The molecule has 0 aromatic heterocycles. The molecule has 0 spiro atoms. The number of halogens is 1. The normalized spacial score (nSPS) is 28.2. The first-order valence-electron chi connectivity index (χ1n) is 6.64. The molecule has 0 radical (unpaired) electrons. The molecule has 1 aliphatic heterocycles. The van der Waals surface area contributed by atoms with E-state index in [1.54, 1.807) is 0 Å². The number of hydrogen-bond donors (Lipinski definition) is 1. The molecular weight excluding hydrogens is 290 g/mol. The number of rotatable bonds is 2. The summed E-state index contributed by atoms with van der Waals surface area (Å²) in [6.07, 6.45) is 2.87. The first-order valence-corrected chi connectivity index (χ1v) is 7.43. The average molecular weight is 312 g/mol. The Kier molecular flexibility index (Phi) is 4.33. The van der Waals surface area contributed by atoms with E-state index in [0.29, 0.717) is 18.2 Å². The molecule has 2 nitrogen and oxygen atoms in total. The highest BCUT2D eigenvalue weighted by Crippen LogP contribution is 2.27. The zero-order chi connectivity index (χ0) is 13.3. The summed E-state index contributed by atoms with van der Waals surface area (Å²) in [6.45, 7) is 8.58. The van der Waals surface area contributed by atoms with E-state index >= 15 is 0 Å². The van der Waals surface area contributed by atoms with Crippen molar-refractivity contribution in [3.63, 3.8) is 0 Å². The van der Waals surface area contributed by atoms with Crippen molar-refractivity contribution in [2.45, 2.75) is 58.8 Å². The van der Waals surface area contributed by atoms with Crippen molar-refractivity contribution < 1.29 is 4.74 Å². The van der Waals surface area contributed by atoms with Gasteiger partial charge in [0.05, 0.1) is 12.2 Å². The lowest BCUT2D eigenvalue weighted by molar-refractivity contribution is -0.0337. The molecule has 1 aliphatic rings. The molecule has 2 rings (SSSR count). The van der Waals surface area contributed by atoms with Gasteiger partial charge in [-0.15, -0.1) is 0 Å². The zero-order valence-corrected chi connectivity index (χ0v) is 13.2. The first-order chi connectivity index (χ1) is 8.45. The maximum absolute atomic E-state index is 5.77. The third-order valence-electron chi connectivity index (χ3n) is 3.50. The van der Waals surface area contributed by atoms with E-state index in [2.05, 4.69) is 61.1 Å². The molecular formula is C15H22BrNO. The Hall–Kier alpha value is -0.540. The highest BCUT2D eigenvalue weighted by atomic mass is 79.9. The number of ether oxygens (including phenoxy) is 1. The van der Waals surface area contributed by atoms with Crippen LogP contribution >= 0.6 is 15.9 Å². The molecule has 1 aromatic carbocycles. The molecule has 0 aliphatic carbocycles. The van der Waals surface area contributed by atoms with Crippen LogP contribution in [0.2, 0.25) is 0 Å². The van der Waals surface area contributed by atoms with Gasteiger partial charge in [-0.3, -0.25) is 0 Å². The molecule has 1 fully saturated rings. The largest absolute Gasteiger partial charge is 0.382 e. The topological polar surface area (TPSA) is 21.3 Å². The monoisotopic (exact) mass is 311 g/mol. The standard InChI is InChI=1S/C15H22BrNO/c1-9-5-13(6-10(2)15(9)16)17-14-7-11(3)18-12(4)8-14/h5-6,11-12,14,17H,7-8H2,1-4H3. The van der Waals surface area contributed by atoms with Gasteiger partial charge in [0.2, 0.25) is 0 Å². The molecule has 0 saturated carbocycles. The summed E-state index contributed by atoms with van der Waals surface area (Å²) < 4.78 is 6.98. The molecule has 2 unspecified atom stereocenters. The molecule has 0 amide bonds. The predicted octanol–water partition coefficient (Wildman–Crippen LogP) is 4.43. The Morgan fingerprint density at radius 1 is 1.11 bits per heavy atom. The van der Waals surface area contributed by atoms with E-state index in [4.69, 9.17) is 4.74 Å². The molecule has 0 bridgehead atoms. The van der Waals surface area contributed by atoms with Gasteiger partial charge in [0, 0.05) is 16.2 Å². The Morgan fingerprint density at radius 3 is 2.11 bits per heavy atom. The fourth-order valence-corrected chi connectivity index (χ4v) is 3.02. The molecule has 1 aromatic rings. The minimum Gasteiger partial charge on any atom is -0.382 e.